The van der Waals surface area contributed by atoms with E-state index in [1.807, 2.05) is 13.8 Å². The van der Waals surface area contributed by atoms with Gasteiger partial charge in [0, 0.05) is 42.7 Å². The number of alkyl halides is 3. The zero-order valence-corrected chi connectivity index (χ0v) is 12.2. The van der Waals surface area contributed by atoms with Crippen LogP contribution >= 0.6 is 0 Å². The summed E-state index contributed by atoms with van der Waals surface area (Å²) in [6.45, 7) is 5.94. The number of hydrogen-bond donors (Lipinski definition) is 1. The fourth-order valence-electron chi connectivity index (χ4n) is 2.17. The Morgan fingerprint density at radius 2 is 2.14 bits per heavy atom. The monoisotopic (exact) mass is 300 g/mol. The number of nitrogens with one attached hydrogen (secondary N) is 1. The highest BCUT2D eigenvalue weighted by Crippen LogP contribution is 2.30. The Hall–Kier alpha value is -1.63. The van der Waals surface area contributed by atoms with Crippen LogP contribution in [0.5, 0.6) is 0 Å². The van der Waals surface area contributed by atoms with Gasteiger partial charge in [-0.2, -0.15) is 13.2 Å². The van der Waals surface area contributed by atoms with Crippen molar-refractivity contribution in [1.29, 1.82) is 0 Å². The Morgan fingerprint density at radius 1 is 1.38 bits per heavy atom. The Morgan fingerprint density at radius 3 is 2.67 bits per heavy atom. The maximum Gasteiger partial charge on any atom is 0.412 e. The molecule has 0 saturated heterocycles. The predicted octanol–water partition coefficient (Wildman–Crippen LogP) is 2.59. The molecule has 2 heterocycles. The van der Waals surface area contributed by atoms with Gasteiger partial charge in [-0.05, 0) is 19.9 Å². The SMILES string of the molecule is CCNCc1cnc(N2CC=C(C(F)(F)F)CC2)nc1C. The van der Waals surface area contributed by atoms with Crippen LogP contribution in [0, 0.1) is 6.92 Å². The van der Waals surface area contributed by atoms with E-state index in [-0.39, 0.29) is 19.5 Å². The fraction of sp³-hybridized carbons (Fsp3) is 0.571. The number of halogens is 3. The van der Waals surface area contributed by atoms with Crippen LogP contribution < -0.4 is 10.2 Å². The summed E-state index contributed by atoms with van der Waals surface area (Å²) < 4.78 is 37.7. The summed E-state index contributed by atoms with van der Waals surface area (Å²) in [5.41, 5.74) is 1.40. The molecule has 0 amide bonds. The molecule has 7 heteroatoms. The molecule has 1 aliphatic rings. The number of aryl methyl sites for hydroxylation is 1. The summed E-state index contributed by atoms with van der Waals surface area (Å²) in [7, 11) is 0. The topological polar surface area (TPSA) is 41.1 Å². The van der Waals surface area contributed by atoms with Crippen LogP contribution in [0.15, 0.2) is 17.8 Å². The van der Waals surface area contributed by atoms with E-state index in [1.165, 1.54) is 6.08 Å². The number of hydrogen-bond acceptors (Lipinski definition) is 4. The third kappa shape index (κ3) is 3.93. The van der Waals surface area contributed by atoms with Crippen LogP contribution in [0.1, 0.15) is 24.6 Å². The first-order valence-electron chi connectivity index (χ1n) is 6.96. The third-order valence-electron chi connectivity index (χ3n) is 3.49. The van der Waals surface area contributed by atoms with Crippen molar-refractivity contribution in [2.24, 2.45) is 0 Å². The maximum atomic E-state index is 12.6. The standard InChI is InChI=1S/C14H19F3N4/c1-3-18-8-11-9-19-13(20-10(11)2)21-6-4-12(5-7-21)14(15,16)17/h4,9,18H,3,5-8H2,1-2H3. The quantitative estimate of drug-likeness (QED) is 0.868. The summed E-state index contributed by atoms with van der Waals surface area (Å²) in [6, 6.07) is 0. The van der Waals surface area contributed by atoms with Gasteiger partial charge in [-0.3, -0.25) is 0 Å². The van der Waals surface area contributed by atoms with E-state index in [2.05, 4.69) is 15.3 Å². The van der Waals surface area contributed by atoms with Gasteiger partial charge in [-0.15, -0.1) is 0 Å². The average Bonchev–Trinajstić information content (AvgIpc) is 2.45. The Labute approximate surface area is 122 Å². The second-order valence-electron chi connectivity index (χ2n) is 4.98. The molecular weight excluding hydrogens is 281 g/mol. The van der Waals surface area contributed by atoms with Crippen LogP contribution in [0.4, 0.5) is 19.1 Å². The van der Waals surface area contributed by atoms with Crippen LogP contribution in [0.2, 0.25) is 0 Å². The van der Waals surface area contributed by atoms with Crippen molar-refractivity contribution in [3.05, 3.63) is 29.1 Å². The molecule has 1 aliphatic heterocycles. The molecule has 1 aromatic rings. The van der Waals surface area contributed by atoms with E-state index >= 15 is 0 Å². The average molecular weight is 300 g/mol. The van der Waals surface area contributed by atoms with Crippen LogP contribution in [-0.2, 0) is 6.54 Å². The van der Waals surface area contributed by atoms with Gasteiger partial charge in [0.05, 0.1) is 0 Å². The molecule has 0 saturated carbocycles. The van der Waals surface area contributed by atoms with Crippen LogP contribution in [0.25, 0.3) is 0 Å². The molecule has 0 aliphatic carbocycles. The fourth-order valence-corrected chi connectivity index (χ4v) is 2.17. The minimum atomic E-state index is -4.22. The van der Waals surface area contributed by atoms with Crippen molar-refractivity contribution in [3.8, 4) is 0 Å². The lowest BCUT2D eigenvalue weighted by Crippen LogP contribution is -2.33. The highest BCUT2D eigenvalue weighted by atomic mass is 19.4. The minimum absolute atomic E-state index is 0.0228. The van der Waals surface area contributed by atoms with Crippen molar-refractivity contribution in [2.45, 2.75) is 33.0 Å². The van der Waals surface area contributed by atoms with Gasteiger partial charge in [0.1, 0.15) is 0 Å². The molecule has 4 nitrogen and oxygen atoms in total. The Kier molecular flexibility index (Phi) is 4.82. The molecule has 0 unspecified atom stereocenters. The second kappa shape index (κ2) is 6.43. The van der Waals surface area contributed by atoms with Crippen molar-refractivity contribution in [1.82, 2.24) is 15.3 Å². The van der Waals surface area contributed by atoms with Crippen molar-refractivity contribution in [2.75, 3.05) is 24.5 Å². The Bertz CT molecular complexity index is 525. The van der Waals surface area contributed by atoms with Crippen LogP contribution in [0.3, 0.4) is 0 Å². The van der Waals surface area contributed by atoms with E-state index in [9.17, 15) is 13.2 Å². The van der Waals surface area contributed by atoms with Gasteiger partial charge in [0.15, 0.2) is 0 Å². The molecule has 2 rings (SSSR count). The van der Waals surface area contributed by atoms with E-state index in [0.29, 0.717) is 12.5 Å². The third-order valence-corrected chi connectivity index (χ3v) is 3.49. The highest BCUT2D eigenvalue weighted by Gasteiger charge is 2.35. The molecule has 0 bridgehead atoms. The van der Waals surface area contributed by atoms with Gasteiger partial charge in [-0.25, -0.2) is 9.97 Å². The zero-order chi connectivity index (χ0) is 15.5. The largest absolute Gasteiger partial charge is 0.412 e. The molecule has 0 fully saturated rings. The molecule has 0 aromatic carbocycles. The lowest BCUT2D eigenvalue weighted by molar-refractivity contribution is -0.0944. The lowest BCUT2D eigenvalue weighted by atomic mass is 10.1. The molecule has 0 radical (unpaired) electrons. The van der Waals surface area contributed by atoms with Gasteiger partial charge in [0.25, 0.3) is 0 Å². The normalized spacial score (nSPS) is 16.0. The molecule has 1 N–H and O–H groups in total. The van der Waals surface area contributed by atoms with Gasteiger partial charge in [-0.1, -0.05) is 13.0 Å². The summed E-state index contributed by atoms with van der Waals surface area (Å²) >= 11 is 0. The zero-order valence-electron chi connectivity index (χ0n) is 12.2. The maximum absolute atomic E-state index is 12.6. The van der Waals surface area contributed by atoms with E-state index < -0.39 is 11.7 Å². The molecule has 1 aromatic heterocycles. The first kappa shape index (κ1) is 15.8. The highest BCUT2D eigenvalue weighted by molar-refractivity contribution is 5.37. The summed E-state index contributed by atoms with van der Waals surface area (Å²) in [4.78, 5) is 10.4. The number of aromatic nitrogens is 2. The molecule has 21 heavy (non-hydrogen) atoms. The molecule has 0 spiro atoms. The van der Waals surface area contributed by atoms with E-state index in [1.54, 1.807) is 11.1 Å². The first-order valence-corrected chi connectivity index (χ1v) is 6.96. The molecule has 0 atom stereocenters. The number of nitrogens with zero attached hydrogens (tertiary/aromatic N) is 3. The lowest BCUT2D eigenvalue weighted by Gasteiger charge is -2.27. The Balaban J connectivity index is 2.07. The second-order valence-corrected chi connectivity index (χ2v) is 4.98. The predicted molar refractivity (Wildman–Crippen MR) is 75.1 cm³/mol. The van der Waals surface area contributed by atoms with Crippen molar-refractivity contribution >= 4 is 5.95 Å². The number of anilines is 1. The van der Waals surface area contributed by atoms with Crippen molar-refractivity contribution < 1.29 is 13.2 Å². The van der Waals surface area contributed by atoms with Gasteiger partial charge in [0.2, 0.25) is 5.95 Å². The first-order chi connectivity index (χ1) is 9.91. The van der Waals surface area contributed by atoms with E-state index in [4.69, 9.17) is 0 Å². The van der Waals surface area contributed by atoms with Crippen molar-refractivity contribution in [3.63, 3.8) is 0 Å². The summed E-state index contributed by atoms with van der Waals surface area (Å²) in [5.74, 6) is 0.491. The summed E-state index contributed by atoms with van der Waals surface area (Å²) in [5, 5.41) is 3.20. The molecule has 116 valence electrons. The van der Waals surface area contributed by atoms with Gasteiger partial charge >= 0.3 is 6.18 Å². The van der Waals surface area contributed by atoms with Crippen LogP contribution in [-0.4, -0.2) is 35.8 Å². The van der Waals surface area contributed by atoms with E-state index in [0.717, 1.165) is 17.8 Å². The minimum Gasteiger partial charge on any atom is -0.337 e. The van der Waals surface area contributed by atoms with Gasteiger partial charge < -0.3 is 10.2 Å². The number of rotatable bonds is 4. The smallest absolute Gasteiger partial charge is 0.337 e. The molecular formula is C14H19F3N4. The summed E-state index contributed by atoms with van der Waals surface area (Å²) in [6.07, 6.45) is -1.29.